The fourth-order valence-electron chi connectivity index (χ4n) is 2.49. The number of rotatable bonds is 5. The van der Waals surface area contributed by atoms with E-state index in [0.29, 0.717) is 10.8 Å². The Kier molecular flexibility index (Phi) is 4.22. The molecule has 2 N–H and O–H groups in total. The van der Waals surface area contributed by atoms with Gasteiger partial charge in [0.1, 0.15) is 0 Å². The molecular weight excluding hydrogens is 356 g/mol. The first-order valence-electron chi connectivity index (χ1n) is 7.99. The van der Waals surface area contributed by atoms with Gasteiger partial charge in [-0.3, -0.25) is 9.59 Å². The molecule has 128 valence electrons. The first kappa shape index (κ1) is 16.2. The molecule has 1 aliphatic rings. The third kappa shape index (κ3) is 3.85. The van der Waals surface area contributed by atoms with Crippen molar-refractivity contribution < 1.29 is 9.59 Å². The monoisotopic (exact) mass is 372 g/mol. The van der Waals surface area contributed by atoms with E-state index in [2.05, 4.69) is 20.6 Å². The van der Waals surface area contributed by atoms with Crippen LogP contribution in [0.25, 0.3) is 10.2 Å². The summed E-state index contributed by atoms with van der Waals surface area (Å²) in [5.74, 6) is 0.0220. The van der Waals surface area contributed by atoms with Crippen LogP contribution < -0.4 is 10.6 Å². The number of anilines is 2. The zero-order valence-corrected chi connectivity index (χ0v) is 15.2. The van der Waals surface area contributed by atoms with Crippen LogP contribution in [0.5, 0.6) is 0 Å². The molecule has 4 rings (SSSR count). The number of fused-ring (bicyclic) bond motifs is 1. The number of hydrogen-bond acceptors (Lipinski definition) is 6. The minimum atomic E-state index is -0.142. The molecule has 6 nitrogen and oxygen atoms in total. The summed E-state index contributed by atoms with van der Waals surface area (Å²) in [5, 5.41) is 9.03. The number of carbonyl (C=O) groups excluding carboxylic acids is 2. The highest BCUT2D eigenvalue weighted by Crippen LogP contribution is 2.30. The maximum atomic E-state index is 12.2. The first-order valence-corrected chi connectivity index (χ1v) is 9.69. The fourth-order valence-corrected chi connectivity index (χ4v) is 4.01. The van der Waals surface area contributed by atoms with Gasteiger partial charge in [0.15, 0.2) is 5.13 Å². The number of amides is 2. The van der Waals surface area contributed by atoms with E-state index in [1.807, 2.05) is 25.1 Å². The Balaban J connectivity index is 1.37. The van der Waals surface area contributed by atoms with Gasteiger partial charge in [0.25, 0.3) is 0 Å². The molecule has 1 aliphatic carbocycles. The maximum Gasteiger partial charge on any atom is 0.230 e. The molecule has 0 bridgehead atoms. The van der Waals surface area contributed by atoms with Crippen molar-refractivity contribution in [1.29, 1.82) is 0 Å². The van der Waals surface area contributed by atoms with E-state index in [4.69, 9.17) is 0 Å². The van der Waals surface area contributed by atoms with E-state index in [1.165, 1.54) is 11.3 Å². The zero-order valence-electron chi connectivity index (χ0n) is 13.5. The van der Waals surface area contributed by atoms with Gasteiger partial charge in [-0.25, -0.2) is 9.97 Å². The SMILES string of the molecule is Cc1nc2cc(NC(=O)Cc3csc(NC(=O)C4CC4)n3)ccc2s1. The summed E-state index contributed by atoms with van der Waals surface area (Å²) in [5.41, 5.74) is 2.26. The van der Waals surface area contributed by atoms with E-state index in [9.17, 15) is 9.59 Å². The van der Waals surface area contributed by atoms with Gasteiger partial charge in [0.05, 0.1) is 27.3 Å². The van der Waals surface area contributed by atoms with Crippen LogP contribution in [-0.4, -0.2) is 21.8 Å². The normalized spacial score (nSPS) is 13.8. The van der Waals surface area contributed by atoms with Crippen molar-refractivity contribution in [2.45, 2.75) is 26.2 Å². The minimum absolute atomic E-state index is 0.0252. The lowest BCUT2D eigenvalue weighted by molar-refractivity contribution is -0.117. The van der Waals surface area contributed by atoms with Crippen LogP contribution in [0.3, 0.4) is 0 Å². The van der Waals surface area contributed by atoms with Crippen molar-refractivity contribution in [3.8, 4) is 0 Å². The fraction of sp³-hybridized carbons (Fsp3) is 0.294. The van der Waals surface area contributed by atoms with Gasteiger partial charge in [-0.05, 0) is 38.0 Å². The molecule has 1 saturated carbocycles. The number of thiazole rings is 2. The second-order valence-electron chi connectivity index (χ2n) is 6.05. The molecule has 1 fully saturated rings. The largest absolute Gasteiger partial charge is 0.326 e. The second-order valence-corrected chi connectivity index (χ2v) is 8.14. The topological polar surface area (TPSA) is 84.0 Å². The van der Waals surface area contributed by atoms with Crippen molar-refractivity contribution in [1.82, 2.24) is 9.97 Å². The Morgan fingerprint density at radius 3 is 2.88 bits per heavy atom. The predicted octanol–water partition coefficient (Wildman–Crippen LogP) is 3.59. The lowest BCUT2D eigenvalue weighted by Gasteiger charge is -2.04. The van der Waals surface area contributed by atoms with Crippen molar-refractivity contribution in [3.05, 3.63) is 34.3 Å². The van der Waals surface area contributed by atoms with Gasteiger partial charge in [0, 0.05) is 17.0 Å². The van der Waals surface area contributed by atoms with Gasteiger partial charge in [0.2, 0.25) is 11.8 Å². The number of benzene rings is 1. The van der Waals surface area contributed by atoms with Crippen LogP contribution in [0.15, 0.2) is 23.6 Å². The standard InChI is InChI=1S/C17H16N4O2S2/c1-9-18-13-6-11(4-5-14(13)25-9)19-15(22)7-12-8-24-17(20-12)21-16(23)10-2-3-10/h4-6,8,10H,2-3,7H2,1H3,(H,19,22)(H,20,21,23). The molecule has 2 aromatic heterocycles. The molecule has 2 amide bonds. The molecule has 0 atom stereocenters. The quantitative estimate of drug-likeness (QED) is 0.717. The molecule has 3 aromatic rings. The van der Waals surface area contributed by atoms with Gasteiger partial charge in [-0.1, -0.05) is 0 Å². The van der Waals surface area contributed by atoms with Gasteiger partial charge < -0.3 is 10.6 Å². The van der Waals surface area contributed by atoms with E-state index in [1.54, 1.807) is 16.7 Å². The Morgan fingerprint density at radius 1 is 1.24 bits per heavy atom. The Morgan fingerprint density at radius 2 is 2.08 bits per heavy atom. The zero-order chi connectivity index (χ0) is 17.4. The molecule has 1 aromatic carbocycles. The number of carbonyl (C=O) groups is 2. The van der Waals surface area contributed by atoms with Crippen LogP contribution in [0.1, 0.15) is 23.5 Å². The number of nitrogens with one attached hydrogen (secondary N) is 2. The maximum absolute atomic E-state index is 12.2. The number of aryl methyl sites for hydroxylation is 1. The van der Waals surface area contributed by atoms with Crippen molar-refractivity contribution in [2.24, 2.45) is 5.92 Å². The molecule has 0 radical (unpaired) electrons. The number of nitrogens with zero attached hydrogens (tertiary/aromatic N) is 2. The average molecular weight is 372 g/mol. The summed E-state index contributed by atoms with van der Waals surface area (Å²) in [4.78, 5) is 32.7. The highest BCUT2D eigenvalue weighted by Gasteiger charge is 2.30. The van der Waals surface area contributed by atoms with E-state index in [-0.39, 0.29) is 24.2 Å². The van der Waals surface area contributed by atoms with Gasteiger partial charge in [-0.15, -0.1) is 22.7 Å². The highest BCUT2D eigenvalue weighted by atomic mass is 32.1. The molecule has 8 heteroatoms. The Labute approximate surface area is 152 Å². The van der Waals surface area contributed by atoms with Crippen LogP contribution in [0.2, 0.25) is 0 Å². The van der Waals surface area contributed by atoms with Crippen LogP contribution in [0, 0.1) is 12.8 Å². The molecule has 2 heterocycles. The van der Waals surface area contributed by atoms with Crippen molar-refractivity contribution in [2.75, 3.05) is 10.6 Å². The first-order chi connectivity index (χ1) is 12.1. The van der Waals surface area contributed by atoms with Crippen LogP contribution in [0.4, 0.5) is 10.8 Å². The van der Waals surface area contributed by atoms with Crippen molar-refractivity contribution in [3.63, 3.8) is 0 Å². The van der Waals surface area contributed by atoms with Crippen LogP contribution in [-0.2, 0) is 16.0 Å². The summed E-state index contributed by atoms with van der Waals surface area (Å²) in [6.45, 7) is 1.96. The molecule has 0 spiro atoms. The van der Waals surface area contributed by atoms with Crippen LogP contribution >= 0.6 is 22.7 Å². The van der Waals surface area contributed by atoms with Gasteiger partial charge >= 0.3 is 0 Å². The molecule has 0 aliphatic heterocycles. The summed E-state index contributed by atoms with van der Waals surface area (Å²) in [7, 11) is 0. The number of hydrogen-bond donors (Lipinski definition) is 2. The van der Waals surface area contributed by atoms with E-state index < -0.39 is 0 Å². The highest BCUT2D eigenvalue weighted by molar-refractivity contribution is 7.18. The lowest BCUT2D eigenvalue weighted by atomic mass is 10.2. The van der Waals surface area contributed by atoms with Crippen molar-refractivity contribution >= 4 is 55.5 Å². The summed E-state index contributed by atoms with van der Waals surface area (Å²) in [6.07, 6.45) is 2.08. The summed E-state index contributed by atoms with van der Waals surface area (Å²) in [6, 6.07) is 5.71. The number of aromatic nitrogens is 2. The predicted molar refractivity (Wildman–Crippen MR) is 100 cm³/mol. The van der Waals surface area contributed by atoms with Gasteiger partial charge in [-0.2, -0.15) is 0 Å². The third-order valence-corrected chi connectivity index (χ3v) is 5.61. The summed E-state index contributed by atoms with van der Waals surface area (Å²) >= 11 is 2.97. The molecule has 25 heavy (non-hydrogen) atoms. The molecule has 0 saturated heterocycles. The molecular formula is C17H16N4O2S2. The minimum Gasteiger partial charge on any atom is -0.326 e. The van der Waals surface area contributed by atoms with E-state index >= 15 is 0 Å². The second kappa shape index (κ2) is 6.53. The smallest absolute Gasteiger partial charge is 0.230 e. The Bertz CT molecular complexity index is 959. The third-order valence-electron chi connectivity index (χ3n) is 3.85. The summed E-state index contributed by atoms with van der Waals surface area (Å²) < 4.78 is 1.10. The average Bonchev–Trinajstić information content (AvgIpc) is 3.23. The molecule has 0 unspecified atom stereocenters. The Hall–Kier alpha value is -2.32. The van der Waals surface area contributed by atoms with E-state index in [0.717, 1.165) is 33.8 Å². The lowest BCUT2D eigenvalue weighted by Crippen LogP contribution is -2.15.